The maximum Gasteiger partial charge on any atom is 0.213 e. The Bertz CT molecular complexity index is 378. The Morgan fingerprint density at radius 2 is 1.57 bits per heavy atom. The van der Waals surface area contributed by atoms with E-state index in [4.69, 9.17) is 0 Å². The molecule has 0 aromatic heterocycles. The summed E-state index contributed by atoms with van der Waals surface area (Å²) in [4.78, 5) is 11.0. The summed E-state index contributed by atoms with van der Waals surface area (Å²) < 4.78 is 0. The lowest BCUT2D eigenvalue weighted by atomic mass is 10.0. The number of hydrogen-bond acceptors (Lipinski definition) is 2. The van der Waals surface area contributed by atoms with Crippen molar-refractivity contribution >= 4 is 0 Å². The minimum absolute atomic E-state index is 0.0663. The number of rotatable bonds is 12. The van der Waals surface area contributed by atoms with Gasteiger partial charge in [0.15, 0.2) is 0 Å². The smallest absolute Gasteiger partial charge is 0.213 e. The van der Waals surface area contributed by atoms with Crippen molar-refractivity contribution in [3.05, 3.63) is 46.0 Å². The molecule has 1 atom stereocenters. The van der Waals surface area contributed by atoms with Crippen molar-refractivity contribution in [2.45, 2.75) is 77.2 Å². The highest BCUT2D eigenvalue weighted by Crippen LogP contribution is 2.15. The second kappa shape index (κ2) is 11.3. The lowest BCUT2D eigenvalue weighted by molar-refractivity contribution is -0.524. The van der Waals surface area contributed by atoms with Gasteiger partial charge in [0.05, 0.1) is 0 Å². The zero-order valence-electron chi connectivity index (χ0n) is 13.3. The fourth-order valence-electron chi connectivity index (χ4n) is 2.69. The molecular weight excluding hydrogens is 262 g/mol. The van der Waals surface area contributed by atoms with Crippen LogP contribution in [0.25, 0.3) is 0 Å². The van der Waals surface area contributed by atoms with Gasteiger partial charge >= 0.3 is 0 Å². The molecule has 1 aromatic rings. The van der Waals surface area contributed by atoms with Crippen LogP contribution >= 0.6 is 0 Å². The molecule has 1 unspecified atom stereocenters. The van der Waals surface area contributed by atoms with E-state index < -0.39 is 0 Å². The van der Waals surface area contributed by atoms with Crippen molar-refractivity contribution in [2.75, 3.05) is 0 Å². The van der Waals surface area contributed by atoms with Crippen molar-refractivity contribution in [1.82, 2.24) is 0 Å². The summed E-state index contributed by atoms with van der Waals surface area (Å²) in [6.07, 6.45) is 10.3. The van der Waals surface area contributed by atoms with Gasteiger partial charge in [-0.2, -0.15) is 0 Å². The van der Waals surface area contributed by atoms with Crippen molar-refractivity contribution < 1.29 is 4.92 Å². The number of nitro groups is 1. The number of hydrogen-bond donors (Lipinski definition) is 0. The molecule has 0 saturated carbocycles. The molecule has 0 aliphatic carbocycles. The molecule has 0 saturated heterocycles. The summed E-state index contributed by atoms with van der Waals surface area (Å²) in [6, 6.07) is 10.1. The quantitative estimate of drug-likeness (QED) is 0.294. The molecule has 0 aliphatic heterocycles. The number of benzene rings is 1. The molecule has 118 valence electrons. The van der Waals surface area contributed by atoms with E-state index in [2.05, 4.69) is 31.2 Å². The largest absolute Gasteiger partial charge is 0.264 e. The Morgan fingerprint density at radius 1 is 0.952 bits per heavy atom. The minimum Gasteiger partial charge on any atom is -0.264 e. The topological polar surface area (TPSA) is 43.1 Å². The third-order valence-electron chi connectivity index (χ3n) is 4.03. The maximum absolute atomic E-state index is 11.1. The zero-order chi connectivity index (χ0) is 15.3. The SMILES string of the molecule is CCCCCCC(CCCCCc1ccccc1)[N+](=O)[O-]. The first-order chi connectivity index (χ1) is 10.2. The van der Waals surface area contributed by atoms with E-state index in [-0.39, 0.29) is 11.0 Å². The Kier molecular flexibility index (Phi) is 9.51. The normalized spacial score (nSPS) is 12.2. The predicted octanol–water partition coefficient (Wildman–Crippen LogP) is 5.41. The highest BCUT2D eigenvalue weighted by molar-refractivity contribution is 5.14. The first kappa shape index (κ1) is 17.7. The van der Waals surface area contributed by atoms with Crippen LogP contribution in [0.3, 0.4) is 0 Å². The van der Waals surface area contributed by atoms with E-state index in [0.29, 0.717) is 0 Å². The van der Waals surface area contributed by atoms with Crippen LogP contribution in [0.4, 0.5) is 0 Å². The standard InChI is InChI=1S/C18H29NO2/c1-2-3-4-10-15-18(19(20)21)16-11-6-9-14-17-12-7-5-8-13-17/h5,7-8,12-13,18H,2-4,6,9-11,14-16H2,1H3. The molecule has 0 aliphatic rings. The van der Waals surface area contributed by atoms with Gasteiger partial charge in [-0.25, -0.2) is 0 Å². The van der Waals surface area contributed by atoms with Crippen molar-refractivity contribution in [3.8, 4) is 0 Å². The fourth-order valence-corrected chi connectivity index (χ4v) is 2.69. The van der Waals surface area contributed by atoms with Crippen LogP contribution < -0.4 is 0 Å². The van der Waals surface area contributed by atoms with Gasteiger partial charge in [-0.05, 0) is 31.2 Å². The van der Waals surface area contributed by atoms with Gasteiger partial charge < -0.3 is 0 Å². The number of aryl methyl sites for hydroxylation is 1. The lowest BCUT2D eigenvalue weighted by Crippen LogP contribution is -2.19. The maximum atomic E-state index is 11.1. The molecule has 0 bridgehead atoms. The summed E-state index contributed by atoms with van der Waals surface area (Å²) >= 11 is 0. The molecule has 3 nitrogen and oxygen atoms in total. The number of unbranched alkanes of at least 4 members (excludes halogenated alkanes) is 5. The van der Waals surface area contributed by atoms with Crippen LogP contribution in [0, 0.1) is 10.1 Å². The molecular formula is C18H29NO2. The molecule has 21 heavy (non-hydrogen) atoms. The van der Waals surface area contributed by atoms with Crippen molar-refractivity contribution in [3.63, 3.8) is 0 Å². The van der Waals surface area contributed by atoms with Crippen LogP contribution in [0.5, 0.6) is 0 Å². The summed E-state index contributed by atoms with van der Waals surface area (Å²) in [5, 5.41) is 11.1. The zero-order valence-corrected chi connectivity index (χ0v) is 13.3. The summed E-state index contributed by atoms with van der Waals surface area (Å²) in [6.45, 7) is 2.16. The highest BCUT2D eigenvalue weighted by Gasteiger charge is 2.18. The minimum atomic E-state index is -0.321. The second-order valence-electron chi connectivity index (χ2n) is 5.87. The van der Waals surface area contributed by atoms with Crippen molar-refractivity contribution in [2.24, 2.45) is 0 Å². The van der Waals surface area contributed by atoms with E-state index in [9.17, 15) is 10.1 Å². The third kappa shape index (κ3) is 8.49. The van der Waals surface area contributed by atoms with Crippen LogP contribution in [-0.4, -0.2) is 11.0 Å². The molecule has 1 aromatic carbocycles. The van der Waals surface area contributed by atoms with Gasteiger partial charge in [-0.15, -0.1) is 0 Å². The van der Waals surface area contributed by atoms with Crippen molar-refractivity contribution in [1.29, 1.82) is 0 Å². The average Bonchev–Trinajstić information content (AvgIpc) is 2.49. The fraction of sp³-hybridized carbons (Fsp3) is 0.667. The van der Waals surface area contributed by atoms with E-state index in [1.165, 1.54) is 18.4 Å². The molecule has 0 heterocycles. The van der Waals surface area contributed by atoms with E-state index >= 15 is 0 Å². The Balaban J connectivity index is 2.11. The first-order valence-corrected chi connectivity index (χ1v) is 8.41. The average molecular weight is 291 g/mol. The van der Waals surface area contributed by atoms with Crippen LogP contribution in [-0.2, 0) is 6.42 Å². The summed E-state index contributed by atoms with van der Waals surface area (Å²) in [5.41, 5.74) is 1.36. The van der Waals surface area contributed by atoms with E-state index in [1.54, 1.807) is 0 Å². The van der Waals surface area contributed by atoms with Crippen LogP contribution in [0.1, 0.15) is 70.3 Å². The summed E-state index contributed by atoms with van der Waals surface area (Å²) in [7, 11) is 0. The highest BCUT2D eigenvalue weighted by atomic mass is 16.6. The Morgan fingerprint density at radius 3 is 2.14 bits per heavy atom. The molecule has 1 rings (SSSR count). The van der Waals surface area contributed by atoms with Gasteiger partial charge in [-0.3, -0.25) is 10.1 Å². The molecule has 0 fully saturated rings. The summed E-state index contributed by atoms with van der Waals surface area (Å²) in [5.74, 6) is 0. The molecule has 3 heteroatoms. The predicted molar refractivity (Wildman–Crippen MR) is 88.2 cm³/mol. The van der Waals surface area contributed by atoms with Gasteiger partial charge in [0.25, 0.3) is 0 Å². The van der Waals surface area contributed by atoms with Gasteiger partial charge in [0.2, 0.25) is 6.04 Å². The van der Waals surface area contributed by atoms with Gasteiger partial charge in [0, 0.05) is 17.8 Å². The second-order valence-corrected chi connectivity index (χ2v) is 5.87. The lowest BCUT2D eigenvalue weighted by Gasteiger charge is -2.09. The molecule has 0 N–H and O–H groups in total. The molecule has 0 spiro atoms. The Hall–Kier alpha value is -1.38. The monoisotopic (exact) mass is 291 g/mol. The van der Waals surface area contributed by atoms with Crippen LogP contribution in [0.2, 0.25) is 0 Å². The molecule has 0 radical (unpaired) electrons. The first-order valence-electron chi connectivity index (χ1n) is 8.41. The van der Waals surface area contributed by atoms with E-state index in [0.717, 1.165) is 51.4 Å². The van der Waals surface area contributed by atoms with Gasteiger partial charge in [-0.1, -0.05) is 62.9 Å². The van der Waals surface area contributed by atoms with E-state index in [1.807, 2.05) is 6.07 Å². The Labute approximate surface area is 128 Å². The van der Waals surface area contributed by atoms with Crippen LogP contribution in [0.15, 0.2) is 30.3 Å². The third-order valence-corrected chi connectivity index (χ3v) is 4.03. The number of nitrogens with zero attached hydrogens (tertiary/aromatic N) is 1. The van der Waals surface area contributed by atoms with Gasteiger partial charge in [0.1, 0.15) is 0 Å². The molecule has 0 amide bonds.